The molecule has 0 spiro atoms. The normalized spacial score (nSPS) is 15.4. The molecule has 0 aliphatic carbocycles. The molecule has 0 amide bonds. The zero-order chi connectivity index (χ0) is 13.8. The highest BCUT2D eigenvalue weighted by atomic mass is 79.9. The van der Waals surface area contributed by atoms with Gasteiger partial charge in [-0.25, -0.2) is 13.9 Å². The molecular formula is C12H20BrN3OS. The molecule has 0 saturated carbocycles. The lowest BCUT2D eigenvalue weighted by Crippen LogP contribution is -2.36. The van der Waals surface area contributed by atoms with Gasteiger partial charge in [0.25, 0.3) is 0 Å². The summed E-state index contributed by atoms with van der Waals surface area (Å²) in [5, 5.41) is 0. The predicted molar refractivity (Wildman–Crippen MR) is 78.4 cm³/mol. The maximum absolute atomic E-state index is 12.1. The van der Waals surface area contributed by atoms with Gasteiger partial charge in [-0.1, -0.05) is 13.3 Å². The Bertz CT molecular complexity index is 420. The highest BCUT2D eigenvalue weighted by Gasteiger charge is 2.24. The lowest BCUT2D eigenvalue weighted by Gasteiger charge is -2.23. The largest absolute Gasteiger partial charge is 0.260 e. The van der Waals surface area contributed by atoms with Crippen molar-refractivity contribution >= 4 is 26.9 Å². The maximum atomic E-state index is 12.1. The summed E-state index contributed by atoms with van der Waals surface area (Å²) in [7, 11) is -1.11. The topological polar surface area (TPSA) is 54.9 Å². The van der Waals surface area contributed by atoms with Crippen LogP contribution in [0, 0.1) is 0 Å². The van der Waals surface area contributed by atoms with Crippen molar-refractivity contribution in [2.75, 3.05) is 0 Å². The van der Waals surface area contributed by atoms with Crippen LogP contribution in [-0.4, -0.2) is 18.9 Å². The molecule has 1 aromatic heterocycles. The van der Waals surface area contributed by atoms with E-state index in [0.717, 1.165) is 18.5 Å². The Morgan fingerprint density at radius 1 is 1.44 bits per heavy atom. The summed E-state index contributed by atoms with van der Waals surface area (Å²) in [6, 6.07) is -0.0277. The fourth-order valence-corrected chi connectivity index (χ4v) is 2.56. The number of aromatic nitrogens is 2. The summed E-state index contributed by atoms with van der Waals surface area (Å²) < 4.78 is 15.7. The molecule has 0 aliphatic rings. The first-order chi connectivity index (χ1) is 8.34. The standard InChI is InChI=1S/C12H20BrN3OS/c1-5-6-9(16-18(17)12(2,3)4)10-7-14-8-11(13)15-10/h7-9,16H,5-6H2,1-4H3/t9-,18?/m1/s1. The minimum absolute atomic E-state index is 0.0277. The van der Waals surface area contributed by atoms with Crippen molar-refractivity contribution in [2.24, 2.45) is 0 Å². The Hall–Kier alpha value is -0.330. The van der Waals surface area contributed by atoms with E-state index in [9.17, 15) is 4.21 Å². The summed E-state index contributed by atoms with van der Waals surface area (Å²) in [6.45, 7) is 7.95. The van der Waals surface area contributed by atoms with Crippen LogP contribution in [0.2, 0.25) is 0 Å². The lowest BCUT2D eigenvalue weighted by molar-refractivity contribution is 0.552. The van der Waals surface area contributed by atoms with Crippen molar-refractivity contribution in [3.8, 4) is 0 Å². The van der Waals surface area contributed by atoms with Gasteiger partial charge in [-0.2, -0.15) is 0 Å². The molecule has 0 bridgehead atoms. The maximum Gasteiger partial charge on any atom is 0.124 e. The third-order valence-corrected chi connectivity index (χ3v) is 4.36. The molecule has 1 rings (SSSR count). The minimum atomic E-state index is -1.11. The van der Waals surface area contributed by atoms with Crippen molar-refractivity contribution in [1.29, 1.82) is 0 Å². The van der Waals surface area contributed by atoms with Crippen LogP contribution < -0.4 is 4.72 Å². The highest BCUT2D eigenvalue weighted by molar-refractivity contribution is 9.10. The summed E-state index contributed by atoms with van der Waals surface area (Å²) in [5.41, 5.74) is 0.823. The smallest absolute Gasteiger partial charge is 0.124 e. The highest BCUT2D eigenvalue weighted by Crippen LogP contribution is 2.20. The van der Waals surface area contributed by atoms with Crippen LogP contribution in [0.25, 0.3) is 0 Å². The molecule has 0 radical (unpaired) electrons. The van der Waals surface area contributed by atoms with E-state index in [-0.39, 0.29) is 10.8 Å². The zero-order valence-corrected chi connectivity index (χ0v) is 13.6. The second-order valence-electron chi connectivity index (χ2n) is 5.11. The van der Waals surface area contributed by atoms with E-state index in [1.54, 1.807) is 12.4 Å². The molecule has 1 unspecified atom stereocenters. The van der Waals surface area contributed by atoms with E-state index < -0.39 is 11.0 Å². The van der Waals surface area contributed by atoms with Gasteiger partial charge in [0.1, 0.15) is 4.60 Å². The third-order valence-electron chi connectivity index (χ3n) is 2.36. The summed E-state index contributed by atoms with van der Waals surface area (Å²) in [6.07, 6.45) is 5.24. The Labute approximate surface area is 120 Å². The van der Waals surface area contributed by atoms with Crippen molar-refractivity contribution in [2.45, 2.75) is 51.3 Å². The number of halogens is 1. The van der Waals surface area contributed by atoms with Crippen molar-refractivity contribution in [3.63, 3.8) is 0 Å². The number of hydrogen-bond acceptors (Lipinski definition) is 3. The van der Waals surface area contributed by atoms with Gasteiger partial charge in [-0.3, -0.25) is 4.98 Å². The monoisotopic (exact) mass is 333 g/mol. The summed E-state index contributed by atoms with van der Waals surface area (Å²) in [4.78, 5) is 8.49. The third kappa shape index (κ3) is 4.74. The first-order valence-electron chi connectivity index (χ1n) is 6.00. The van der Waals surface area contributed by atoms with Crippen molar-refractivity contribution in [3.05, 3.63) is 22.7 Å². The zero-order valence-electron chi connectivity index (χ0n) is 11.2. The molecular weight excluding hydrogens is 314 g/mol. The van der Waals surface area contributed by atoms with E-state index in [1.807, 2.05) is 20.8 Å². The van der Waals surface area contributed by atoms with Crippen LogP contribution in [0.5, 0.6) is 0 Å². The van der Waals surface area contributed by atoms with Crippen molar-refractivity contribution < 1.29 is 4.21 Å². The molecule has 1 N–H and O–H groups in total. The number of nitrogens with one attached hydrogen (secondary N) is 1. The Balaban J connectivity index is 2.87. The Kier molecular flexibility index (Phi) is 5.88. The first kappa shape index (κ1) is 15.7. The molecule has 0 fully saturated rings. The lowest BCUT2D eigenvalue weighted by atomic mass is 10.1. The van der Waals surface area contributed by atoms with Gasteiger partial charge in [0.05, 0.1) is 39.9 Å². The van der Waals surface area contributed by atoms with Gasteiger partial charge in [0.2, 0.25) is 0 Å². The molecule has 6 heteroatoms. The SMILES string of the molecule is CCC[C@@H](NS(=O)C(C)(C)C)c1cncc(Br)n1. The molecule has 1 aromatic rings. The van der Waals surface area contributed by atoms with Crippen LogP contribution in [0.1, 0.15) is 52.3 Å². The molecule has 0 saturated heterocycles. The molecule has 0 aliphatic heterocycles. The van der Waals surface area contributed by atoms with E-state index >= 15 is 0 Å². The van der Waals surface area contributed by atoms with Crippen molar-refractivity contribution in [1.82, 2.24) is 14.7 Å². The van der Waals surface area contributed by atoms with E-state index in [4.69, 9.17) is 0 Å². The van der Waals surface area contributed by atoms with E-state index in [1.165, 1.54) is 0 Å². The molecule has 0 aromatic carbocycles. The van der Waals surface area contributed by atoms with Crippen LogP contribution in [0.4, 0.5) is 0 Å². The number of nitrogens with zero attached hydrogens (tertiary/aromatic N) is 2. The predicted octanol–water partition coefficient (Wildman–Crippen LogP) is 3.13. The number of rotatable bonds is 5. The first-order valence-corrected chi connectivity index (χ1v) is 7.94. The average Bonchev–Trinajstić information content (AvgIpc) is 2.27. The van der Waals surface area contributed by atoms with Gasteiger partial charge in [0, 0.05) is 0 Å². The Morgan fingerprint density at radius 2 is 2.11 bits per heavy atom. The second-order valence-corrected chi connectivity index (χ2v) is 7.92. The van der Waals surface area contributed by atoms with Gasteiger partial charge in [-0.05, 0) is 43.1 Å². The van der Waals surface area contributed by atoms with Crippen LogP contribution in [0.3, 0.4) is 0 Å². The minimum Gasteiger partial charge on any atom is -0.260 e. The summed E-state index contributed by atoms with van der Waals surface area (Å²) >= 11 is 3.31. The fourth-order valence-electron chi connectivity index (χ4n) is 1.39. The average molecular weight is 334 g/mol. The van der Waals surface area contributed by atoms with Gasteiger partial charge < -0.3 is 0 Å². The second kappa shape index (κ2) is 6.73. The molecule has 2 atom stereocenters. The van der Waals surface area contributed by atoms with Gasteiger partial charge in [-0.15, -0.1) is 0 Å². The molecule has 4 nitrogen and oxygen atoms in total. The van der Waals surface area contributed by atoms with Crippen LogP contribution in [-0.2, 0) is 11.0 Å². The quantitative estimate of drug-likeness (QED) is 0.900. The van der Waals surface area contributed by atoms with E-state index in [2.05, 4.69) is 37.5 Å². The number of hydrogen-bond donors (Lipinski definition) is 1. The van der Waals surface area contributed by atoms with Crippen LogP contribution in [0.15, 0.2) is 17.0 Å². The fraction of sp³-hybridized carbons (Fsp3) is 0.667. The van der Waals surface area contributed by atoms with Crippen LogP contribution >= 0.6 is 15.9 Å². The van der Waals surface area contributed by atoms with Gasteiger partial charge >= 0.3 is 0 Å². The van der Waals surface area contributed by atoms with E-state index in [0.29, 0.717) is 4.60 Å². The summed E-state index contributed by atoms with van der Waals surface area (Å²) in [5.74, 6) is 0. The molecule has 1 heterocycles. The Morgan fingerprint density at radius 3 is 2.61 bits per heavy atom. The molecule has 18 heavy (non-hydrogen) atoms. The van der Waals surface area contributed by atoms with Gasteiger partial charge in [0.15, 0.2) is 0 Å². The molecule has 102 valence electrons.